The summed E-state index contributed by atoms with van der Waals surface area (Å²) in [5.41, 5.74) is 0.848. The van der Waals surface area contributed by atoms with Gasteiger partial charge in [0, 0.05) is 4.47 Å². The Hall–Kier alpha value is -0.380. The van der Waals surface area contributed by atoms with Gasteiger partial charge < -0.3 is 10.4 Å². The lowest BCUT2D eigenvalue weighted by molar-refractivity contribution is 0.107. The maximum atomic E-state index is 9.91. The number of hydrogen-bond acceptors (Lipinski definition) is 2. The number of rotatable bonds is 1. The second kappa shape index (κ2) is 3.65. The minimum Gasteiger partial charge on any atom is -0.391 e. The van der Waals surface area contributed by atoms with Crippen LogP contribution in [-0.2, 0) is 5.54 Å². The topological polar surface area (TPSA) is 32.3 Å². The van der Waals surface area contributed by atoms with Gasteiger partial charge in [-0.3, -0.25) is 0 Å². The van der Waals surface area contributed by atoms with Crippen LogP contribution in [0.1, 0.15) is 18.9 Å². The third-order valence-corrected chi connectivity index (χ3v) is 3.49. The van der Waals surface area contributed by atoms with Gasteiger partial charge in [0.2, 0.25) is 0 Å². The molecule has 0 radical (unpaired) electrons. The van der Waals surface area contributed by atoms with Gasteiger partial charge in [-0.25, -0.2) is 0 Å². The molecule has 1 saturated heterocycles. The van der Waals surface area contributed by atoms with Crippen LogP contribution in [0.2, 0.25) is 0 Å². The van der Waals surface area contributed by atoms with Crippen LogP contribution in [0.3, 0.4) is 0 Å². The minimum atomic E-state index is -0.295. The molecule has 1 aliphatic rings. The molecule has 2 N–H and O–H groups in total. The number of hydrogen-bond donors (Lipinski definition) is 2. The maximum absolute atomic E-state index is 9.91. The van der Waals surface area contributed by atoms with Crippen LogP contribution in [0.15, 0.2) is 28.7 Å². The third kappa shape index (κ3) is 1.60. The molecule has 1 heterocycles. The van der Waals surface area contributed by atoms with Crippen molar-refractivity contribution < 1.29 is 5.11 Å². The number of halogens is 1. The molecule has 2 atom stereocenters. The summed E-state index contributed by atoms with van der Waals surface area (Å²) in [6.07, 6.45) is 0.528. The van der Waals surface area contributed by atoms with Gasteiger partial charge in [0.1, 0.15) is 0 Å². The van der Waals surface area contributed by atoms with Crippen molar-refractivity contribution in [1.82, 2.24) is 5.32 Å². The molecule has 0 amide bonds. The Morgan fingerprint density at radius 2 is 2.36 bits per heavy atom. The lowest BCUT2D eigenvalue weighted by Crippen LogP contribution is -2.41. The summed E-state index contributed by atoms with van der Waals surface area (Å²) in [7, 11) is 0. The Kier molecular flexibility index (Phi) is 2.64. The number of aliphatic hydroxyl groups is 1. The van der Waals surface area contributed by atoms with E-state index in [1.54, 1.807) is 0 Å². The van der Waals surface area contributed by atoms with Gasteiger partial charge in [0.25, 0.3) is 0 Å². The van der Waals surface area contributed by atoms with Crippen molar-refractivity contribution in [2.75, 3.05) is 6.54 Å². The highest BCUT2D eigenvalue weighted by molar-refractivity contribution is 9.10. The van der Waals surface area contributed by atoms with Crippen LogP contribution in [0.4, 0.5) is 0 Å². The summed E-state index contributed by atoms with van der Waals surface area (Å²) >= 11 is 3.44. The van der Waals surface area contributed by atoms with E-state index in [1.165, 1.54) is 0 Å². The Morgan fingerprint density at radius 1 is 1.57 bits per heavy atom. The van der Waals surface area contributed by atoms with Crippen LogP contribution in [0, 0.1) is 0 Å². The molecule has 0 aromatic heterocycles. The fraction of sp³-hybridized carbons (Fsp3) is 0.455. The van der Waals surface area contributed by atoms with E-state index in [9.17, 15) is 5.11 Å². The average Bonchev–Trinajstić information content (AvgIpc) is 2.49. The van der Waals surface area contributed by atoms with Gasteiger partial charge in [-0.05, 0) is 37.6 Å². The Labute approximate surface area is 92.5 Å². The first kappa shape index (κ1) is 10.1. The smallest absolute Gasteiger partial charge is 0.0772 e. The molecular formula is C11H14BrNO. The van der Waals surface area contributed by atoms with Gasteiger partial charge in [0.05, 0.1) is 11.6 Å². The van der Waals surface area contributed by atoms with Crippen LogP contribution in [0.25, 0.3) is 0 Å². The molecule has 3 heteroatoms. The Morgan fingerprint density at radius 3 is 2.93 bits per heavy atom. The van der Waals surface area contributed by atoms with Crippen LogP contribution in [0.5, 0.6) is 0 Å². The summed E-state index contributed by atoms with van der Waals surface area (Å²) < 4.78 is 1.05. The van der Waals surface area contributed by atoms with E-state index in [4.69, 9.17) is 0 Å². The molecule has 2 unspecified atom stereocenters. The van der Waals surface area contributed by atoms with E-state index < -0.39 is 0 Å². The van der Waals surface area contributed by atoms with Crippen LogP contribution in [-0.4, -0.2) is 17.8 Å². The summed E-state index contributed by atoms with van der Waals surface area (Å²) in [5.74, 6) is 0. The minimum absolute atomic E-state index is 0.288. The lowest BCUT2D eigenvalue weighted by atomic mass is 9.88. The molecule has 2 rings (SSSR count). The Bertz CT molecular complexity index is 342. The first-order valence-electron chi connectivity index (χ1n) is 4.82. The molecule has 1 fully saturated rings. The van der Waals surface area contributed by atoms with Gasteiger partial charge in [0.15, 0.2) is 0 Å². The highest BCUT2D eigenvalue weighted by atomic mass is 79.9. The standard InChI is InChI=1S/C11H14BrNO/c1-11(10(14)5-6-13-11)8-3-2-4-9(12)7-8/h2-4,7,10,13-14H,5-6H2,1H3. The maximum Gasteiger partial charge on any atom is 0.0772 e. The predicted molar refractivity (Wildman–Crippen MR) is 60.1 cm³/mol. The molecule has 0 bridgehead atoms. The zero-order valence-corrected chi connectivity index (χ0v) is 9.71. The Balaban J connectivity index is 2.38. The molecule has 2 nitrogen and oxygen atoms in total. The van der Waals surface area contributed by atoms with Crippen molar-refractivity contribution in [3.63, 3.8) is 0 Å². The van der Waals surface area contributed by atoms with Crippen molar-refractivity contribution in [3.05, 3.63) is 34.3 Å². The largest absolute Gasteiger partial charge is 0.391 e. The monoisotopic (exact) mass is 255 g/mol. The second-order valence-electron chi connectivity index (χ2n) is 3.94. The molecular weight excluding hydrogens is 242 g/mol. The molecule has 1 aliphatic heterocycles. The lowest BCUT2D eigenvalue weighted by Gasteiger charge is -2.29. The van der Waals surface area contributed by atoms with E-state index in [2.05, 4.69) is 27.3 Å². The zero-order valence-electron chi connectivity index (χ0n) is 8.13. The number of nitrogens with one attached hydrogen (secondary N) is 1. The fourth-order valence-electron chi connectivity index (χ4n) is 1.98. The van der Waals surface area contributed by atoms with E-state index in [0.29, 0.717) is 0 Å². The van der Waals surface area contributed by atoms with Crippen molar-refractivity contribution >= 4 is 15.9 Å². The highest BCUT2D eigenvalue weighted by Crippen LogP contribution is 2.31. The number of aliphatic hydroxyl groups excluding tert-OH is 1. The van der Waals surface area contributed by atoms with Gasteiger partial charge in [-0.15, -0.1) is 0 Å². The quantitative estimate of drug-likeness (QED) is 0.805. The number of benzene rings is 1. The van der Waals surface area contributed by atoms with Crippen molar-refractivity contribution in [2.24, 2.45) is 0 Å². The molecule has 1 aromatic rings. The molecule has 1 aromatic carbocycles. The van der Waals surface area contributed by atoms with E-state index in [1.807, 2.05) is 25.1 Å². The van der Waals surface area contributed by atoms with E-state index in [-0.39, 0.29) is 11.6 Å². The van der Waals surface area contributed by atoms with Gasteiger partial charge in [-0.2, -0.15) is 0 Å². The summed E-state index contributed by atoms with van der Waals surface area (Å²) in [5, 5.41) is 13.3. The van der Waals surface area contributed by atoms with Crippen LogP contribution < -0.4 is 5.32 Å². The van der Waals surface area contributed by atoms with Crippen LogP contribution >= 0.6 is 15.9 Å². The zero-order chi connectivity index (χ0) is 10.2. The fourth-order valence-corrected chi connectivity index (χ4v) is 2.38. The first-order valence-corrected chi connectivity index (χ1v) is 5.61. The molecule has 0 saturated carbocycles. The summed E-state index contributed by atoms with van der Waals surface area (Å²) in [6.45, 7) is 2.93. The van der Waals surface area contributed by atoms with Gasteiger partial charge >= 0.3 is 0 Å². The SMILES string of the molecule is CC1(c2cccc(Br)c2)NCCC1O. The normalized spacial score (nSPS) is 32.1. The van der Waals surface area contributed by atoms with Crippen molar-refractivity contribution in [3.8, 4) is 0 Å². The summed E-state index contributed by atoms with van der Waals surface area (Å²) in [4.78, 5) is 0. The second-order valence-corrected chi connectivity index (χ2v) is 4.86. The molecule has 0 spiro atoms. The van der Waals surface area contributed by atoms with Gasteiger partial charge in [-0.1, -0.05) is 28.1 Å². The first-order chi connectivity index (χ1) is 6.63. The molecule has 14 heavy (non-hydrogen) atoms. The molecule has 0 aliphatic carbocycles. The predicted octanol–water partition coefficient (Wildman–Crippen LogP) is 2.02. The van der Waals surface area contributed by atoms with E-state index in [0.717, 1.165) is 23.0 Å². The molecule has 76 valence electrons. The van der Waals surface area contributed by atoms with E-state index >= 15 is 0 Å². The highest BCUT2D eigenvalue weighted by Gasteiger charge is 2.38. The third-order valence-electron chi connectivity index (χ3n) is 3.00. The summed E-state index contributed by atoms with van der Waals surface area (Å²) in [6, 6.07) is 8.10. The van der Waals surface area contributed by atoms with Crippen molar-refractivity contribution in [1.29, 1.82) is 0 Å². The average molecular weight is 256 g/mol. The van der Waals surface area contributed by atoms with Crippen molar-refractivity contribution in [2.45, 2.75) is 25.0 Å².